The number of hydrogen-bond acceptors (Lipinski definition) is 2. The Balaban J connectivity index is 2.30. The number of halogens is 3. The number of carbonyl (C=O) groups is 1. The van der Waals surface area contributed by atoms with Crippen LogP contribution in [0.2, 0.25) is 5.02 Å². The third kappa shape index (κ3) is 3.48. The first-order valence-electron chi connectivity index (χ1n) is 6.14. The predicted octanol–water partition coefficient (Wildman–Crippen LogP) is 4.16. The molecular formula is C16H9ClF2N2O. The highest BCUT2D eigenvalue weighted by molar-refractivity contribution is 6.34. The molecule has 0 heterocycles. The number of carbonyl (C=O) groups excluding carboxylic acids is 1. The molecule has 0 aliphatic rings. The standard InChI is InChI=1S/C16H9ClF2N2O/c17-12-5-1-2-7-14(12)21-16(22)11(9-20)8-10-4-3-6-13(18)15(10)19/h1-8H,(H,21,22)/b11-8-. The van der Waals surface area contributed by atoms with Crippen LogP contribution in [0.15, 0.2) is 48.0 Å². The van der Waals surface area contributed by atoms with Gasteiger partial charge in [-0.2, -0.15) is 5.26 Å². The summed E-state index contributed by atoms with van der Waals surface area (Å²) >= 11 is 5.90. The van der Waals surface area contributed by atoms with E-state index in [1.165, 1.54) is 12.1 Å². The smallest absolute Gasteiger partial charge is 0.266 e. The Labute approximate surface area is 130 Å². The van der Waals surface area contributed by atoms with Crippen molar-refractivity contribution < 1.29 is 13.6 Å². The van der Waals surface area contributed by atoms with Crippen LogP contribution in [0.25, 0.3) is 6.08 Å². The lowest BCUT2D eigenvalue weighted by Gasteiger charge is -2.06. The molecule has 22 heavy (non-hydrogen) atoms. The Hall–Kier alpha value is -2.71. The summed E-state index contributed by atoms with van der Waals surface area (Å²) in [6, 6.07) is 11.6. The van der Waals surface area contributed by atoms with Crippen molar-refractivity contribution in [3.63, 3.8) is 0 Å². The molecule has 2 aromatic rings. The summed E-state index contributed by atoms with van der Waals surface area (Å²) in [4.78, 5) is 12.0. The van der Waals surface area contributed by atoms with Crippen LogP contribution < -0.4 is 5.32 Å². The van der Waals surface area contributed by atoms with Gasteiger partial charge in [0.25, 0.3) is 5.91 Å². The molecular weight excluding hydrogens is 310 g/mol. The molecule has 1 amide bonds. The van der Waals surface area contributed by atoms with E-state index in [4.69, 9.17) is 16.9 Å². The number of para-hydroxylation sites is 1. The average Bonchev–Trinajstić information content (AvgIpc) is 2.51. The maximum Gasteiger partial charge on any atom is 0.266 e. The maximum atomic E-state index is 13.6. The monoisotopic (exact) mass is 318 g/mol. The van der Waals surface area contributed by atoms with E-state index >= 15 is 0 Å². The SMILES string of the molecule is N#C/C(=C/c1cccc(F)c1F)C(=O)Nc1ccccc1Cl. The molecule has 0 aliphatic heterocycles. The van der Waals surface area contributed by atoms with Crippen molar-refractivity contribution in [1.29, 1.82) is 5.26 Å². The normalized spacial score (nSPS) is 10.9. The van der Waals surface area contributed by atoms with Crippen molar-refractivity contribution in [2.24, 2.45) is 0 Å². The van der Waals surface area contributed by atoms with Crippen molar-refractivity contribution in [1.82, 2.24) is 0 Å². The molecule has 0 saturated heterocycles. The molecule has 3 nitrogen and oxygen atoms in total. The first kappa shape index (κ1) is 15.7. The van der Waals surface area contributed by atoms with E-state index in [0.717, 1.165) is 12.1 Å². The number of hydrogen-bond donors (Lipinski definition) is 1. The Morgan fingerprint density at radius 2 is 1.91 bits per heavy atom. The third-order valence-electron chi connectivity index (χ3n) is 2.77. The van der Waals surface area contributed by atoms with Gasteiger partial charge in [-0.25, -0.2) is 8.78 Å². The summed E-state index contributed by atoms with van der Waals surface area (Å²) in [5, 5.41) is 11.8. The number of nitrogens with zero attached hydrogens (tertiary/aromatic N) is 1. The first-order chi connectivity index (χ1) is 10.5. The van der Waals surface area contributed by atoms with Gasteiger partial charge in [-0.15, -0.1) is 0 Å². The lowest BCUT2D eigenvalue weighted by molar-refractivity contribution is -0.112. The van der Waals surface area contributed by atoms with Gasteiger partial charge in [0.05, 0.1) is 10.7 Å². The Morgan fingerprint density at radius 3 is 2.59 bits per heavy atom. The van der Waals surface area contributed by atoms with Crippen LogP contribution in [0.5, 0.6) is 0 Å². The molecule has 0 aliphatic carbocycles. The Kier molecular flexibility index (Phi) is 4.87. The maximum absolute atomic E-state index is 13.6. The quantitative estimate of drug-likeness (QED) is 0.682. The largest absolute Gasteiger partial charge is 0.320 e. The zero-order chi connectivity index (χ0) is 16.1. The summed E-state index contributed by atoms with van der Waals surface area (Å²) in [7, 11) is 0. The van der Waals surface area contributed by atoms with E-state index in [1.54, 1.807) is 30.3 Å². The zero-order valence-corrected chi connectivity index (χ0v) is 11.9. The van der Waals surface area contributed by atoms with Crippen LogP contribution in [0, 0.1) is 23.0 Å². The van der Waals surface area contributed by atoms with E-state index in [2.05, 4.69) is 5.32 Å². The highest BCUT2D eigenvalue weighted by Gasteiger charge is 2.13. The number of rotatable bonds is 3. The summed E-state index contributed by atoms with van der Waals surface area (Å²) in [5.74, 6) is -2.95. The van der Waals surface area contributed by atoms with Gasteiger partial charge < -0.3 is 5.32 Å². The minimum Gasteiger partial charge on any atom is -0.320 e. The third-order valence-corrected chi connectivity index (χ3v) is 3.10. The number of amides is 1. The molecule has 0 bridgehead atoms. The van der Waals surface area contributed by atoms with Gasteiger partial charge in [0.15, 0.2) is 11.6 Å². The molecule has 0 atom stereocenters. The van der Waals surface area contributed by atoms with Gasteiger partial charge >= 0.3 is 0 Å². The Morgan fingerprint density at radius 1 is 1.18 bits per heavy atom. The van der Waals surface area contributed by atoms with Crippen molar-refractivity contribution in [3.05, 3.63) is 70.3 Å². The summed E-state index contributed by atoms with van der Waals surface area (Å²) in [6.07, 6.45) is 0.977. The van der Waals surface area contributed by atoms with E-state index in [0.29, 0.717) is 10.7 Å². The molecule has 0 unspecified atom stereocenters. The van der Waals surface area contributed by atoms with Crippen LogP contribution in [0.4, 0.5) is 14.5 Å². The van der Waals surface area contributed by atoms with Gasteiger partial charge in [-0.05, 0) is 24.3 Å². The number of nitrogens with one attached hydrogen (secondary N) is 1. The van der Waals surface area contributed by atoms with Gasteiger partial charge in [0.2, 0.25) is 0 Å². The fraction of sp³-hybridized carbons (Fsp3) is 0. The molecule has 0 saturated carbocycles. The van der Waals surface area contributed by atoms with Crippen molar-refractivity contribution in [3.8, 4) is 6.07 Å². The second kappa shape index (κ2) is 6.83. The average molecular weight is 319 g/mol. The second-order valence-electron chi connectivity index (χ2n) is 4.25. The minimum absolute atomic E-state index is 0.189. The minimum atomic E-state index is -1.12. The van der Waals surface area contributed by atoms with E-state index in [-0.39, 0.29) is 11.1 Å². The molecule has 2 rings (SSSR count). The lowest BCUT2D eigenvalue weighted by Crippen LogP contribution is -2.13. The Bertz CT molecular complexity index is 797. The van der Waals surface area contributed by atoms with Crippen molar-refractivity contribution in [2.75, 3.05) is 5.32 Å². The first-order valence-corrected chi connectivity index (χ1v) is 6.52. The topological polar surface area (TPSA) is 52.9 Å². The van der Waals surface area contributed by atoms with Crippen molar-refractivity contribution >= 4 is 29.3 Å². The summed E-state index contributed by atoms with van der Waals surface area (Å²) in [6.45, 7) is 0. The van der Waals surface area contributed by atoms with Crippen LogP contribution in [-0.2, 0) is 4.79 Å². The molecule has 0 fully saturated rings. The molecule has 6 heteroatoms. The fourth-order valence-electron chi connectivity index (χ4n) is 1.69. The molecule has 110 valence electrons. The van der Waals surface area contributed by atoms with Gasteiger partial charge in [-0.3, -0.25) is 4.79 Å². The van der Waals surface area contributed by atoms with Crippen LogP contribution >= 0.6 is 11.6 Å². The molecule has 0 aromatic heterocycles. The van der Waals surface area contributed by atoms with Crippen LogP contribution in [-0.4, -0.2) is 5.91 Å². The predicted molar refractivity (Wildman–Crippen MR) is 80.0 cm³/mol. The lowest BCUT2D eigenvalue weighted by atomic mass is 10.1. The summed E-state index contributed by atoms with van der Waals surface area (Å²) in [5.41, 5.74) is -0.245. The van der Waals surface area contributed by atoms with Crippen LogP contribution in [0.1, 0.15) is 5.56 Å². The molecule has 1 N–H and O–H groups in total. The molecule has 2 aromatic carbocycles. The van der Waals surface area contributed by atoms with E-state index in [9.17, 15) is 13.6 Å². The molecule has 0 spiro atoms. The zero-order valence-electron chi connectivity index (χ0n) is 11.1. The number of anilines is 1. The second-order valence-corrected chi connectivity index (χ2v) is 4.65. The molecule has 0 radical (unpaired) electrons. The van der Waals surface area contributed by atoms with Gasteiger partial charge in [0, 0.05) is 5.56 Å². The van der Waals surface area contributed by atoms with E-state index in [1.807, 2.05) is 0 Å². The van der Waals surface area contributed by atoms with Gasteiger partial charge in [0.1, 0.15) is 11.6 Å². The van der Waals surface area contributed by atoms with E-state index < -0.39 is 17.5 Å². The fourth-order valence-corrected chi connectivity index (χ4v) is 1.87. The number of benzene rings is 2. The highest BCUT2D eigenvalue weighted by atomic mass is 35.5. The number of nitriles is 1. The van der Waals surface area contributed by atoms with Crippen LogP contribution in [0.3, 0.4) is 0 Å². The highest BCUT2D eigenvalue weighted by Crippen LogP contribution is 2.21. The van der Waals surface area contributed by atoms with Gasteiger partial charge in [-0.1, -0.05) is 35.9 Å². The van der Waals surface area contributed by atoms with Crippen molar-refractivity contribution in [2.45, 2.75) is 0 Å². The summed E-state index contributed by atoms with van der Waals surface area (Å²) < 4.78 is 26.7.